The van der Waals surface area contributed by atoms with E-state index in [1.165, 1.54) is 5.56 Å². The molecule has 23 heavy (non-hydrogen) atoms. The minimum atomic E-state index is -0.529. The molecule has 5 heteroatoms. The topological polar surface area (TPSA) is 53.0 Å². The molecule has 0 bridgehead atoms. The monoisotopic (exact) mass is 320 g/mol. The number of ether oxygens (including phenoxy) is 1. The maximum absolute atomic E-state index is 11.3. The first kappa shape index (κ1) is 17.8. The van der Waals surface area contributed by atoms with Gasteiger partial charge >= 0.3 is 0 Å². The molecule has 1 aromatic carbocycles. The molecule has 1 fully saturated rings. The molecule has 1 unspecified atom stereocenters. The number of piperazine rings is 1. The first-order chi connectivity index (χ1) is 10.9. The number of carbonyl (C=O) groups is 1. The fourth-order valence-electron chi connectivity index (χ4n) is 2.92. The van der Waals surface area contributed by atoms with Gasteiger partial charge in [0.25, 0.3) is 0 Å². The van der Waals surface area contributed by atoms with Crippen molar-refractivity contribution in [3.63, 3.8) is 0 Å². The minimum absolute atomic E-state index is 0.124. The predicted octanol–water partition coefficient (Wildman–Crippen LogP) is 1.52. The van der Waals surface area contributed by atoms with E-state index in [9.17, 15) is 9.90 Å². The first-order valence-corrected chi connectivity index (χ1v) is 8.24. The third-order valence-corrected chi connectivity index (χ3v) is 4.58. The predicted molar refractivity (Wildman–Crippen MR) is 90.8 cm³/mol. The minimum Gasteiger partial charge on any atom is -0.490 e. The van der Waals surface area contributed by atoms with Crippen molar-refractivity contribution in [2.75, 3.05) is 39.3 Å². The Bertz CT molecular complexity index is 551. The lowest BCUT2D eigenvalue weighted by atomic mass is 10.1. The number of hydrogen-bond donors (Lipinski definition) is 1. The van der Waals surface area contributed by atoms with Gasteiger partial charge in [-0.3, -0.25) is 9.69 Å². The summed E-state index contributed by atoms with van der Waals surface area (Å²) < 4.78 is 5.87. The van der Waals surface area contributed by atoms with E-state index in [2.05, 4.69) is 17.9 Å². The zero-order valence-electron chi connectivity index (χ0n) is 14.6. The number of benzene rings is 1. The Kier molecular flexibility index (Phi) is 6.02. The van der Waals surface area contributed by atoms with Crippen molar-refractivity contribution in [3.8, 4) is 5.75 Å². The highest BCUT2D eigenvalue weighted by molar-refractivity contribution is 5.73. The van der Waals surface area contributed by atoms with Gasteiger partial charge in [0.1, 0.15) is 18.5 Å². The van der Waals surface area contributed by atoms with E-state index in [1.54, 1.807) is 6.92 Å². The molecule has 128 valence electrons. The lowest BCUT2D eigenvalue weighted by Crippen LogP contribution is -2.50. The smallest absolute Gasteiger partial charge is 0.219 e. The van der Waals surface area contributed by atoms with E-state index in [4.69, 9.17) is 4.74 Å². The average molecular weight is 320 g/mol. The Morgan fingerprint density at radius 3 is 2.39 bits per heavy atom. The van der Waals surface area contributed by atoms with Gasteiger partial charge in [-0.15, -0.1) is 0 Å². The van der Waals surface area contributed by atoms with Crippen LogP contribution in [0.25, 0.3) is 0 Å². The SMILES string of the molecule is CC(=O)N1CCN(CC(O)COc2c(C)ccc(C)c2C)CC1. The normalized spacial score (nSPS) is 17.2. The summed E-state index contributed by atoms with van der Waals surface area (Å²) >= 11 is 0. The Morgan fingerprint density at radius 1 is 1.17 bits per heavy atom. The second-order valence-corrected chi connectivity index (χ2v) is 6.42. The van der Waals surface area contributed by atoms with Gasteiger partial charge in [0.05, 0.1) is 0 Å². The van der Waals surface area contributed by atoms with Gasteiger partial charge < -0.3 is 14.7 Å². The fraction of sp³-hybridized carbons (Fsp3) is 0.611. The molecule has 0 spiro atoms. The van der Waals surface area contributed by atoms with Crippen molar-refractivity contribution in [2.24, 2.45) is 0 Å². The maximum Gasteiger partial charge on any atom is 0.219 e. The molecular formula is C18H28N2O3. The third-order valence-electron chi connectivity index (χ3n) is 4.58. The standard InChI is InChI=1S/C18H28N2O3/c1-13-5-6-14(2)18(15(13)3)23-12-17(22)11-19-7-9-20(10-8-19)16(4)21/h5-6,17,22H,7-12H2,1-4H3. The number of hydrogen-bond acceptors (Lipinski definition) is 4. The van der Waals surface area contributed by atoms with Crippen molar-refractivity contribution in [2.45, 2.75) is 33.8 Å². The van der Waals surface area contributed by atoms with Crippen molar-refractivity contribution in [3.05, 3.63) is 28.8 Å². The molecule has 1 aromatic rings. The van der Waals surface area contributed by atoms with E-state index in [0.717, 1.165) is 43.1 Å². The second kappa shape index (κ2) is 7.79. The summed E-state index contributed by atoms with van der Waals surface area (Å²) in [6.45, 7) is 11.7. The van der Waals surface area contributed by atoms with Crippen molar-refractivity contribution in [1.29, 1.82) is 0 Å². The van der Waals surface area contributed by atoms with Crippen LogP contribution in [0, 0.1) is 20.8 Å². The van der Waals surface area contributed by atoms with Gasteiger partial charge in [0.15, 0.2) is 0 Å². The molecule has 1 aliphatic heterocycles. The van der Waals surface area contributed by atoms with Crippen molar-refractivity contribution in [1.82, 2.24) is 9.80 Å². The van der Waals surface area contributed by atoms with Gasteiger partial charge in [-0.2, -0.15) is 0 Å². The average Bonchev–Trinajstić information content (AvgIpc) is 2.51. The summed E-state index contributed by atoms with van der Waals surface area (Å²) in [5, 5.41) is 10.2. The lowest BCUT2D eigenvalue weighted by Gasteiger charge is -2.35. The molecule has 1 amide bonds. The van der Waals surface area contributed by atoms with Crippen LogP contribution in [-0.2, 0) is 4.79 Å². The highest BCUT2D eigenvalue weighted by Gasteiger charge is 2.21. The van der Waals surface area contributed by atoms with Crippen LogP contribution < -0.4 is 4.74 Å². The van der Waals surface area contributed by atoms with Crippen LogP contribution in [0.15, 0.2) is 12.1 Å². The molecule has 1 N–H and O–H groups in total. The summed E-state index contributed by atoms with van der Waals surface area (Å²) in [6, 6.07) is 4.13. The van der Waals surface area contributed by atoms with E-state index in [-0.39, 0.29) is 12.5 Å². The number of aliphatic hydroxyl groups excluding tert-OH is 1. The number of β-amino-alcohol motifs (C(OH)–C–C–N with tert-alkyl or cyclic N) is 1. The third kappa shape index (κ3) is 4.69. The summed E-state index contributed by atoms with van der Waals surface area (Å²) in [5.74, 6) is 1.00. The van der Waals surface area contributed by atoms with Crippen LogP contribution in [0.4, 0.5) is 0 Å². The summed E-state index contributed by atoms with van der Waals surface area (Å²) in [4.78, 5) is 15.3. The molecule has 5 nitrogen and oxygen atoms in total. The van der Waals surface area contributed by atoms with Crippen molar-refractivity contribution < 1.29 is 14.6 Å². The quantitative estimate of drug-likeness (QED) is 0.894. The van der Waals surface area contributed by atoms with E-state index in [0.29, 0.717) is 6.54 Å². The molecule has 0 radical (unpaired) electrons. The van der Waals surface area contributed by atoms with Crippen LogP contribution in [0.5, 0.6) is 5.75 Å². The van der Waals surface area contributed by atoms with Crippen LogP contribution in [-0.4, -0.2) is 66.2 Å². The molecule has 1 heterocycles. The number of nitrogens with zero attached hydrogens (tertiary/aromatic N) is 2. The number of aliphatic hydroxyl groups is 1. The van der Waals surface area contributed by atoms with Gasteiger partial charge in [-0.05, 0) is 37.5 Å². The van der Waals surface area contributed by atoms with Crippen molar-refractivity contribution >= 4 is 5.91 Å². The van der Waals surface area contributed by atoms with Crippen LogP contribution >= 0.6 is 0 Å². The Morgan fingerprint density at radius 2 is 1.78 bits per heavy atom. The van der Waals surface area contributed by atoms with E-state index >= 15 is 0 Å². The summed E-state index contributed by atoms with van der Waals surface area (Å²) in [5.41, 5.74) is 3.42. The van der Waals surface area contributed by atoms with Gasteiger partial charge in [-0.1, -0.05) is 12.1 Å². The first-order valence-electron chi connectivity index (χ1n) is 8.24. The highest BCUT2D eigenvalue weighted by Crippen LogP contribution is 2.25. The van der Waals surface area contributed by atoms with Crippen LogP contribution in [0.2, 0.25) is 0 Å². The molecule has 0 saturated carbocycles. The Balaban J connectivity index is 1.81. The maximum atomic E-state index is 11.3. The van der Waals surface area contributed by atoms with Gasteiger partial charge in [-0.25, -0.2) is 0 Å². The number of amides is 1. The Hall–Kier alpha value is -1.59. The van der Waals surface area contributed by atoms with Crippen LogP contribution in [0.1, 0.15) is 23.6 Å². The second-order valence-electron chi connectivity index (χ2n) is 6.42. The number of carbonyl (C=O) groups excluding carboxylic acids is 1. The molecule has 0 aliphatic carbocycles. The fourth-order valence-corrected chi connectivity index (χ4v) is 2.92. The molecular weight excluding hydrogens is 292 g/mol. The van der Waals surface area contributed by atoms with Crippen LogP contribution in [0.3, 0.4) is 0 Å². The highest BCUT2D eigenvalue weighted by atomic mass is 16.5. The summed E-state index contributed by atoms with van der Waals surface area (Å²) in [6.07, 6.45) is -0.529. The molecule has 1 aliphatic rings. The Labute approximate surface area is 138 Å². The largest absolute Gasteiger partial charge is 0.490 e. The molecule has 1 saturated heterocycles. The van der Waals surface area contributed by atoms with Gasteiger partial charge in [0, 0.05) is 39.6 Å². The molecule has 2 rings (SSSR count). The lowest BCUT2D eigenvalue weighted by molar-refractivity contribution is -0.130. The van der Waals surface area contributed by atoms with Gasteiger partial charge in [0.2, 0.25) is 5.91 Å². The zero-order valence-corrected chi connectivity index (χ0v) is 14.6. The number of aryl methyl sites for hydroxylation is 2. The zero-order chi connectivity index (χ0) is 17.0. The molecule has 1 atom stereocenters. The summed E-state index contributed by atoms with van der Waals surface area (Å²) in [7, 11) is 0. The number of rotatable bonds is 5. The van der Waals surface area contributed by atoms with E-state index in [1.807, 2.05) is 24.8 Å². The molecule has 0 aromatic heterocycles. The van der Waals surface area contributed by atoms with E-state index < -0.39 is 6.10 Å².